The highest BCUT2D eigenvalue weighted by Gasteiger charge is 2.37. The molecule has 0 spiro atoms. The summed E-state index contributed by atoms with van der Waals surface area (Å²) in [4.78, 5) is 25.3. The van der Waals surface area contributed by atoms with E-state index in [4.69, 9.17) is 0 Å². The lowest BCUT2D eigenvalue weighted by Crippen LogP contribution is -2.57. The van der Waals surface area contributed by atoms with Gasteiger partial charge >= 0.3 is 0 Å². The fraction of sp³-hybridized carbons (Fsp3) is 0.955. The van der Waals surface area contributed by atoms with Gasteiger partial charge in [-0.05, 0) is 53.2 Å². The molecule has 3 rings (SSSR count). The molecule has 0 N–H and O–H groups in total. The minimum atomic E-state index is 0.135. The second-order valence-electron chi connectivity index (χ2n) is 9.81. The molecule has 28 heavy (non-hydrogen) atoms. The Kier molecular flexibility index (Phi) is 7.76. The van der Waals surface area contributed by atoms with Gasteiger partial charge in [-0.3, -0.25) is 9.69 Å². The summed E-state index contributed by atoms with van der Waals surface area (Å²) in [6.45, 7) is 17.7. The van der Waals surface area contributed by atoms with E-state index in [2.05, 4.69) is 59.4 Å². The number of hydrogen-bond acceptors (Lipinski definition) is 5. The van der Waals surface area contributed by atoms with Gasteiger partial charge in [-0.1, -0.05) is 6.92 Å². The van der Waals surface area contributed by atoms with E-state index < -0.39 is 0 Å². The van der Waals surface area contributed by atoms with Crippen molar-refractivity contribution < 1.29 is 4.79 Å². The zero-order chi connectivity index (χ0) is 20.3. The average Bonchev–Trinajstić information content (AvgIpc) is 2.68. The van der Waals surface area contributed by atoms with Crippen LogP contribution >= 0.6 is 0 Å². The number of amides is 1. The number of piperazine rings is 2. The number of carbonyl (C=O) groups is 1. The second-order valence-corrected chi connectivity index (χ2v) is 9.81. The molecule has 162 valence electrons. The van der Waals surface area contributed by atoms with Crippen LogP contribution in [-0.4, -0.2) is 122 Å². The number of rotatable bonds is 5. The van der Waals surface area contributed by atoms with E-state index >= 15 is 0 Å². The molecular weight excluding hydrogens is 350 g/mol. The van der Waals surface area contributed by atoms with E-state index in [1.54, 1.807) is 0 Å². The number of nitrogens with zero attached hydrogens (tertiary/aromatic N) is 5. The fourth-order valence-electron chi connectivity index (χ4n) is 5.28. The highest BCUT2D eigenvalue weighted by atomic mass is 16.2. The molecule has 0 aliphatic carbocycles. The van der Waals surface area contributed by atoms with E-state index in [0.29, 0.717) is 23.9 Å². The maximum atomic E-state index is 13.1. The Morgan fingerprint density at radius 2 is 1.43 bits per heavy atom. The normalized spacial score (nSPS) is 30.7. The van der Waals surface area contributed by atoms with Crippen LogP contribution in [0, 0.1) is 11.8 Å². The average molecular weight is 394 g/mol. The molecule has 0 radical (unpaired) electrons. The summed E-state index contributed by atoms with van der Waals surface area (Å²) in [5.41, 5.74) is 0. The Balaban J connectivity index is 1.62. The van der Waals surface area contributed by atoms with Crippen LogP contribution in [-0.2, 0) is 4.79 Å². The molecule has 1 amide bonds. The molecule has 3 heterocycles. The maximum absolute atomic E-state index is 13.1. The van der Waals surface area contributed by atoms with Crippen molar-refractivity contribution in [3.05, 3.63) is 0 Å². The quantitative estimate of drug-likeness (QED) is 0.699. The molecule has 0 aromatic heterocycles. The summed E-state index contributed by atoms with van der Waals surface area (Å²) in [5, 5.41) is 0. The first-order chi connectivity index (χ1) is 13.3. The summed E-state index contributed by atoms with van der Waals surface area (Å²) in [6, 6.07) is 1.24. The smallest absolute Gasteiger partial charge is 0.225 e. The number of piperidine rings is 1. The van der Waals surface area contributed by atoms with E-state index in [-0.39, 0.29) is 5.92 Å². The van der Waals surface area contributed by atoms with Crippen LogP contribution in [0.3, 0.4) is 0 Å². The first-order valence-corrected chi connectivity index (χ1v) is 11.5. The SMILES string of the molecule is CC(CC1CN(C(C)C)CCC1N1CCN(C)CC1)C(=O)N1CCN(C)CC1. The minimum absolute atomic E-state index is 0.135. The summed E-state index contributed by atoms with van der Waals surface area (Å²) in [5.74, 6) is 1.12. The predicted octanol–water partition coefficient (Wildman–Crippen LogP) is 1.13. The number of likely N-dealkylation sites (N-methyl/N-ethyl adjacent to an activating group) is 2. The Bertz CT molecular complexity index is 497. The van der Waals surface area contributed by atoms with E-state index in [9.17, 15) is 4.79 Å². The monoisotopic (exact) mass is 393 g/mol. The van der Waals surface area contributed by atoms with Crippen LogP contribution in [0.1, 0.15) is 33.6 Å². The van der Waals surface area contributed by atoms with E-state index in [1.807, 2.05) is 0 Å². The third-order valence-corrected chi connectivity index (χ3v) is 7.36. The van der Waals surface area contributed by atoms with Gasteiger partial charge in [-0.25, -0.2) is 0 Å². The maximum Gasteiger partial charge on any atom is 0.225 e. The third-order valence-electron chi connectivity index (χ3n) is 7.36. The molecule has 3 fully saturated rings. The molecule has 3 saturated heterocycles. The van der Waals surface area contributed by atoms with Gasteiger partial charge in [0.15, 0.2) is 0 Å². The van der Waals surface area contributed by atoms with Crippen LogP contribution in [0.15, 0.2) is 0 Å². The van der Waals surface area contributed by atoms with Crippen LogP contribution in [0.25, 0.3) is 0 Å². The Morgan fingerprint density at radius 3 is 2.00 bits per heavy atom. The van der Waals surface area contributed by atoms with Crippen molar-refractivity contribution in [3.63, 3.8) is 0 Å². The lowest BCUT2D eigenvalue weighted by Gasteiger charge is -2.48. The van der Waals surface area contributed by atoms with Gasteiger partial charge in [-0.15, -0.1) is 0 Å². The number of hydrogen-bond donors (Lipinski definition) is 0. The summed E-state index contributed by atoms with van der Waals surface area (Å²) >= 11 is 0. The first kappa shape index (κ1) is 22.0. The van der Waals surface area contributed by atoms with Crippen molar-refractivity contribution in [1.82, 2.24) is 24.5 Å². The van der Waals surface area contributed by atoms with Crippen LogP contribution in [0.5, 0.6) is 0 Å². The van der Waals surface area contributed by atoms with Gasteiger partial charge in [0, 0.05) is 76.9 Å². The van der Waals surface area contributed by atoms with Gasteiger partial charge in [0.05, 0.1) is 0 Å². The summed E-state index contributed by atoms with van der Waals surface area (Å²) in [6.07, 6.45) is 2.29. The highest BCUT2D eigenvalue weighted by molar-refractivity contribution is 5.78. The van der Waals surface area contributed by atoms with Crippen molar-refractivity contribution in [2.45, 2.75) is 45.7 Å². The molecule has 0 bridgehead atoms. The molecule has 3 aliphatic heterocycles. The molecule has 0 saturated carbocycles. The van der Waals surface area contributed by atoms with Gasteiger partial charge in [0.25, 0.3) is 0 Å². The Hall–Kier alpha value is -0.690. The van der Waals surface area contributed by atoms with Crippen LogP contribution < -0.4 is 0 Å². The van der Waals surface area contributed by atoms with Crippen molar-refractivity contribution in [2.75, 3.05) is 79.5 Å². The standard InChI is InChI=1S/C22H43N5O/c1-18(2)27-7-6-21(25-12-8-23(4)9-13-25)20(17-27)16-19(3)22(28)26-14-10-24(5)11-15-26/h18-21H,6-17H2,1-5H3. The molecular formula is C22H43N5O. The Labute approximate surface area is 172 Å². The first-order valence-electron chi connectivity index (χ1n) is 11.5. The second kappa shape index (κ2) is 9.88. The highest BCUT2D eigenvalue weighted by Crippen LogP contribution is 2.30. The lowest BCUT2D eigenvalue weighted by atomic mass is 9.82. The molecule has 6 nitrogen and oxygen atoms in total. The zero-order valence-corrected chi connectivity index (χ0v) is 18.9. The van der Waals surface area contributed by atoms with Crippen molar-refractivity contribution in [3.8, 4) is 0 Å². The summed E-state index contributed by atoms with van der Waals surface area (Å²) in [7, 11) is 4.38. The zero-order valence-electron chi connectivity index (χ0n) is 18.9. The number of carbonyl (C=O) groups excluding carboxylic acids is 1. The molecule has 3 aliphatic rings. The fourth-order valence-corrected chi connectivity index (χ4v) is 5.28. The van der Waals surface area contributed by atoms with Crippen molar-refractivity contribution in [1.29, 1.82) is 0 Å². The largest absolute Gasteiger partial charge is 0.340 e. The number of likely N-dealkylation sites (tertiary alicyclic amines) is 1. The van der Waals surface area contributed by atoms with Crippen LogP contribution in [0.4, 0.5) is 0 Å². The van der Waals surface area contributed by atoms with Crippen molar-refractivity contribution in [2.24, 2.45) is 11.8 Å². The van der Waals surface area contributed by atoms with Crippen molar-refractivity contribution >= 4 is 5.91 Å². The van der Waals surface area contributed by atoms with Gasteiger partial charge < -0.3 is 19.6 Å². The molecule has 0 aromatic rings. The van der Waals surface area contributed by atoms with E-state index in [1.165, 1.54) is 39.1 Å². The van der Waals surface area contributed by atoms with Gasteiger partial charge in [0.1, 0.15) is 0 Å². The topological polar surface area (TPSA) is 33.3 Å². The van der Waals surface area contributed by atoms with E-state index in [0.717, 1.165) is 39.1 Å². The summed E-state index contributed by atoms with van der Waals surface area (Å²) < 4.78 is 0. The Morgan fingerprint density at radius 1 is 0.857 bits per heavy atom. The molecule has 3 atom stereocenters. The molecule has 6 heteroatoms. The molecule has 0 aromatic carbocycles. The van der Waals surface area contributed by atoms with Gasteiger partial charge in [-0.2, -0.15) is 0 Å². The third kappa shape index (κ3) is 5.47. The lowest BCUT2D eigenvalue weighted by molar-refractivity contribution is -0.137. The molecule has 3 unspecified atom stereocenters. The van der Waals surface area contributed by atoms with Crippen LogP contribution in [0.2, 0.25) is 0 Å². The van der Waals surface area contributed by atoms with Gasteiger partial charge in [0.2, 0.25) is 5.91 Å². The minimum Gasteiger partial charge on any atom is -0.340 e. The predicted molar refractivity (Wildman–Crippen MR) is 116 cm³/mol.